The highest BCUT2D eigenvalue weighted by atomic mass is 16.6. The lowest BCUT2D eigenvalue weighted by molar-refractivity contribution is -0.260. The van der Waals surface area contributed by atoms with Gasteiger partial charge < -0.3 is 33.6 Å². The summed E-state index contributed by atoms with van der Waals surface area (Å²) >= 11 is 0. The van der Waals surface area contributed by atoms with E-state index >= 15 is 0 Å². The average Bonchev–Trinajstić information content (AvgIpc) is 3.37. The van der Waals surface area contributed by atoms with E-state index in [-0.39, 0.29) is 6.42 Å². The predicted octanol–water partition coefficient (Wildman–Crippen LogP) is 1.88. The summed E-state index contributed by atoms with van der Waals surface area (Å²) in [5, 5.41) is 23.8. The van der Waals surface area contributed by atoms with Crippen LogP contribution in [0.4, 0.5) is 0 Å². The molecule has 0 unspecified atom stereocenters. The maximum absolute atomic E-state index is 14.5. The van der Waals surface area contributed by atoms with Crippen LogP contribution in [0, 0.1) is 34.0 Å². The number of Topliss-reactive ketones (excluding diaryl/α,β-unsaturated/α-hetero) is 1. The third-order valence-electron chi connectivity index (χ3n) is 11.1. The number of furan rings is 1. The van der Waals surface area contributed by atoms with Crippen LogP contribution in [-0.4, -0.2) is 70.5 Å². The fraction of sp³-hybridized carbons (Fsp3) is 0.724. The van der Waals surface area contributed by atoms with E-state index in [1.165, 1.54) is 19.5 Å². The van der Waals surface area contributed by atoms with E-state index in [4.69, 9.17) is 23.4 Å². The smallest absolute Gasteiger partial charge is 0.335 e. The number of aliphatic hydroxyl groups is 2. The largest absolute Gasteiger partial charge is 0.472 e. The minimum Gasteiger partial charge on any atom is -0.472 e. The van der Waals surface area contributed by atoms with Gasteiger partial charge in [0.25, 0.3) is 0 Å². The number of epoxide rings is 1. The molecule has 0 radical (unpaired) electrons. The summed E-state index contributed by atoms with van der Waals surface area (Å²) < 4.78 is 28.2. The Bertz CT molecular complexity index is 1290. The van der Waals surface area contributed by atoms with Gasteiger partial charge in [0, 0.05) is 46.5 Å². The van der Waals surface area contributed by atoms with Gasteiger partial charge in [0.15, 0.2) is 17.5 Å². The number of aliphatic hydroxyl groups excluding tert-OH is 1. The van der Waals surface area contributed by atoms with E-state index in [9.17, 15) is 29.4 Å². The van der Waals surface area contributed by atoms with Crippen molar-refractivity contribution in [1.29, 1.82) is 0 Å². The van der Waals surface area contributed by atoms with Crippen LogP contribution in [0.25, 0.3) is 0 Å². The van der Waals surface area contributed by atoms with Crippen LogP contribution in [0.2, 0.25) is 0 Å². The number of esters is 3. The minimum atomic E-state index is -2.28. The van der Waals surface area contributed by atoms with E-state index < -0.39 is 93.3 Å². The zero-order chi connectivity index (χ0) is 29.2. The predicted molar refractivity (Wildman–Crippen MR) is 133 cm³/mol. The lowest BCUT2D eigenvalue weighted by Crippen LogP contribution is -2.81. The molecule has 6 rings (SSSR count). The summed E-state index contributed by atoms with van der Waals surface area (Å²) in [5.74, 6) is -4.92. The molecule has 2 saturated heterocycles. The van der Waals surface area contributed by atoms with Gasteiger partial charge >= 0.3 is 17.9 Å². The topological polar surface area (TPSA) is 162 Å². The Morgan fingerprint density at radius 2 is 1.85 bits per heavy atom. The van der Waals surface area contributed by atoms with Crippen molar-refractivity contribution in [2.45, 2.75) is 89.5 Å². The Kier molecular flexibility index (Phi) is 5.60. The number of hydrogen-bond donors (Lipinski definition) is 2. The van der Waals surface area contributed by atoms with Gasteiger partial charge in [0.05, 0.1) is 26.1 Å². The summed E-state index contributed by atoms with van der Waals surface area (Å²) in [7, 11) is 1.14. The third-order valence-corrected chi connectivity index (χ3v) is 11.1. The van der Waals surface area contributed by atoms with Gasteiger partial charge in [-0.2, -0.15) is 0 Å². The number of carbonyl (C=O) groups is 4. The van der Waals surface area contributed by atoms with Crippen molar-refractivity contribution >= 4 is 23.7 Å². The third kappa shape index (κ3) is 3.01. The molecule has 3 heterocycles. The first-order chi connectivity index (χ1) is 18.6. The zero-order valence-corrected chi connectivity index (χ0v) is 23.5. The molecule has 5 fully saturated rings. The molecule has 0 amide bonds. The van der Waals surface area contributed by atoms with Crippen molar-refractivity contribution in [1.82, 2.24) is 0 Å². The van der Waals surface area contributed by atoms with Gasteiger partial charge in [0.1, 0.15) is 23.9 Å². The van der Waals surface area contributed by atoms with Crippen molar-refractivity contribution in [3.05, 3.63) is 24.2 Å². The van der Waals surface area contributed by atoms with Gasteiger partial charge in [0.2, 0.25) is 0 Å². The lowest BCUT2D eigenvalue weighted by atomic mass is 9.36. The summed E-state index contributed by atoms with van der Waals surface area (Å²) in [5.41, 5.74) is -6.16. The molecule has 3 saturated carbocycles. The Balaban J connectivity index is 1.56. The number of ketones is 1. The average molecular weight is 561 g/mol. The standard InChI is InChI=1S/C29H36O11/c1-13(30)38-23-25(2,3)19(18(32)21(33)36-6)27(5)15-7-9-26(4)16(29(15)24(40-29)28(23,35)22(27)34)11-17(31)39-20(26)14-8-10-37-12-14/h8,10,12,15-16,18-20,23-24,32,35H,7,9,11H2,1-6H3/t15-,16-,18-,19+,20+,23+,24-,26-,27-,28+,29+/m1/s1. The number of cyclic esters (lactones) is 1. The lowest BCUT2D eigenvalue weighted by Gasteiger charge is -2.67. The molecule has 2 N–H and O–H groups in total. The van der Waals surface area contributed by atoms with E-state index in [0.717, 1.165) is 7.11 Å². The van der Waals surface area contributed by atoms with Crippen LogP contribution in [0.5, 0.6) is 0 Å². The van der Waals surface area contributed by atoms with E-state index in [1.807, 2.05) is 6.92 Å². The molecule has 5 aliphatic rings. The minimum absolute atomic E-state index is 0.00987. The molecule has 0 aromatic carbocycles. The first-order valence-corrected chi connectivity index (χ1v) is 13.7. The second-order valence-corrected chi connectivity index (χ2v) is 13.3. The number of methoxy groups -OCH3 is 1. The molecule has 2 bridgehead atoms. The van der Waals surface area contributed by atoms with Gasteiger partial charge in [-0.15, -0.1) is 0 Å². The summed E-state index contributed by atoms with van der Waals surface area (Å²) in [6.07, 6.45) is -0.893. The number of hydrogen-bond acceptors (Lipinski definition) is 11. The van der Waals surface area contributed by atoms with Crippen LogP contribution < -0.4 is 0 Å². The Morgan fingerprint density at radius 3 is 2.45 bits per heavy atom. The van der Waals surface area contributed by atoms with Crippen LogP contribution in [0.1, 0.15) is 65.5 Å². The molecule has 1 aromatic heterocycles. The first-order valence-electron chi connectivity index (χ1n) is 13.7. The molecule has 11 nitrogen and oxygen atoms in total. The molecule has 1 spiro atoms. The summed E-state index contributed by atoms with van der Waals surface area (Å²) in [6, 6.07) is 1.75. The van der Waals surface area contributed by atoms with Crippen molar-refractivity contribution in [3.63, 3.8) is 0 Å². The molecule has 218 valence electrons. The first kappa shape index (κ1) is 27.4. The number of fused-ring (bicyclic) bond motifs is 5. The van der Waals surface area contributed by atoms with Gasteiger partial charge in [-0.3, -0.25) is 14.4 Å². The van der Waals surface area contributed by atoms with Crippen LogP contribution in [0.15, 0.2) is 23.0 Å². The molecule has 11 atom stereocenters. The van der Waals surface area contributed by atoms with Crippen molar-refractivity contribution in [2.75, 3.05) is 7.11 Å². The Morgan fingerprint density at radius 1 is 1.15 bits per heavy atom. The zero-order valence-electron chi connectivity index (χ0n) is 23.5. The quantitative estimate of drug-likeness (QED) is 0.314. The molecule has 40 heavy (non-hydrogen) atoms. The molecule has 3 aliphatic carbocycles. The highest BCUT2D eigenvalue weighted by molar-refractivity contribution is 5.99. The molecule has 11 heteroatoms. The highest BCUT2D eigenvalue weighted by Gasteiger charge is 2.91. The SMILES string of the molecule is COC(=O)[C@H](O)[C@H]1C(C)(C)[C@H](OC(C)=O)[C@@]2(O)C(=O)[C@]1(C)[C@H]1CC[C@]3(C)[C@@H](CC(=O)O[C@H]3c3ccoc3)[C@@]13O[C@H]23. The van der Waals surface area contributed by atoms with Crippen molar-refractivity contribution < 1.29 is 52.8 Å². The van der Waals surface area contributed by atoms with Gasteiger partial charge in [-0.1, -0.05) is 27.7 Å². The van der Waals surface area contributed by atoms with E-state index in [2.05, 4.69) is 0 Å². The summed E-state index contributed by atoms with van der Waals surface area (Å²) in [6.45, 7) is 8.18. The summed E-state index contributed by atoms with van der Waals surface area (Å²) in [4.78, 5) is 52.7. The molecular formula is C29H36O11. The fourth-order valence-corrected chi connectivity index (χ4v) is 9.80. The molecule has 1 aromatic rings. The Hall–Kier alpha value is -2.76. The van der Waals surface area contributed by atoms with E-state index in [0.29, 0.717) is 18.4 Å². The second kappa shape index (κ2) is 8.17. The number of ether oxygens (including phenoxy) is 4. The molecule has 2 aliphatic heterocycles. The van der Waals surface area contributed by atoms with E-state index in [1.54, 1.807) is 26.8 Å². The van der Waals surface area contributed by atoms with Gasteiger partial charge in [-0.05, 0) is 18.9 Å². The number of carbonyl (C=O) groups excluding carboxylic acids is 4. The fourth-order valence-electron chi connectivity index (χ4n) is 9.80. The van der Waals surface area contributed by atoms with Gasteiger partial charge in [-0.25, -0.2) is 4.79 Å². The second-order valence-electron chi connectivity index (χ2n) is 13.3. The van der Waals surface area contributed by atoms with Crippen molar-refractivity contribution in [3.8, 4) is 0 Å². The van der Waals surface area contributed by atoms with Crippen molar-refractivity contribution in [2.24, 2.45) is 34.0 Å². The normalized spacial score (nSPS) is 47.1. The molecular weight excluding hydrogens is 524 g/mol. The Labute approximate surface area is 231 Å². The van der Waals surface area contributed by atoms with Crippen LogP contribution >= 0.6 is 0 Å². The number of rotatable bonds is 4. The maximum Gasteiger partial charge on any atom is 0.335 e. The monoisotopic (exact) mass is 560 g/mol. The maximum atomic E-state index is 14.5. The highest BCUT2D eigenvalue weighted by Crippen LogP contribution is 2.78. The van der Waals surface area contributed by atoms with Crippen LogP contribution in [-0.2, 0) is 38.1 Å². The van der Waals surface area contributed by atoms with Crippen LogP contribution in [0.3, 0.4) is 0 Å².